The topological polar surface area (TPSA) is 35.5 Å². The van der Waals surface area contributed by atoms with Crippen molar-refractivity contribution < 1.29 is 14.3 Å². The van der Waals surface area contributed by atoms with Crippen molar-refractivity contribution >= 4 is 27.8 Å². The number of ether oxygens (including phenoxy) is 2. The molecule has 0 heterocycles. The third-order valence-corrected chi connectivity index (χ3v) is 3.66. The third kappa shape index (κ3) is 3.73. The van der Waals surface area contributed by atoms with E-state index < -0.39 is 0 Å². The van der Waals surface area contributed by atoms with E-state index in [1.165, 1.54) is 0 Å². The van der Waals surface area contributed by atoms with Gasteiger partial charge in [0, 0.05) is 10.0 Å². The van der Waals surface area contributed by atoms with Gasteiger partial charge in [-0.25, -0.2) is 0 Å². The summed E-state index contributed by atoms with van der Waals surface area (Å²) in [5.41, 5.74) is 1.50. The summed E-state index contributed by atoms with van der Waals surface area (Å²) < 4.78 is 11.3. The van der Waals surface area contributed by atoms with E-state index in [9.17, 15) is 4.79 Å². The first-order valence-electron chi connectivity index (χ1n) is 6.34. The second-order valence-electron chi connectivity index (χ2n) is 4.29. The molecule has 0 fully saturated rings. The Hall–Kier alpha value is -2.07. The second kappa shape index (κ2) is 7.09. The highest BCUT2D eigenvalue weighted by Crippen LogP contribution is 2.33. The Kier molecular flexibility index (Phi) is 5.17. The molecule has 3 nitrogen and oxygen atoms in total. The summed E-state index contributed by atoms with van der Waals surface area (Å²) in [5.74, 6) is 1.21. The molecule has 0 aromatic heterocycles. The summed E-state index contributed by atoms with van der Waals surface area (Å²) >= 11 is 3.46. The largest absolute Gasteiger partial charge is 0.493 e. The minimum Gasteiger partial charge on any atom is -0.493 e. The molecule has 4 heteroatoms. The lowest BCUT2D eigenvalue weighted by Crippen LogP contribution is -1.94. The fourth-order valence-corrected chi connectivity index (χ4v) is 2.32. The van der Waals surface area contributed by atoms with Crippen molar-refractivity contribution in [3.63, 3.8) is 0 Å². The van der Waals surface area contributed by atoms with E-state index in [0.717, 1.165) is 10.0 Å². The van der Waals surface area contributed by atoms with Crippen LogP contribution in [0.4, 0.5) is 0 Å². The summed E-state index contributed by atoms with van der Waals surface area (Å²) in [5, 5.41) is 0. The first-order chi connectivity index (χ1) is 10.2. The van der Waals surface area contributed by atoms with Crippen LogP contribution in [0.1, 0.15) is 15.9 Å². The molecule has 2 aromatic rings. The van der Waals surface area contributed by atoms with Crippen LogP contribution in [0.2, 0.25) is 0 Å². The lowest BCUT2D eigenvalue weighted by molar-refractivity contribution is 0.104. The third-order valence-electron chi connectivity index (χ3n) is 2.98. The Bertz CT molecular complexity index is 663. The van der Waals surface area contributed by atoms with Gasteiger partial charge in [0.1, 0.15) is 0 Å². The minimum atomic E-state index is -0.0442. The van der Waals surface area contributed by atoms with E-state index in [1.807, 2.05) is 30.3 Å². The van der Waals surface area contributed by atoms with Crippen LogP contribution in [0.25, 0.3) is 6.08 Å². The number of methoxy groups -OCH3 is 2. The van der Waals surface area contributed by atoms with E-state index >= 15 is 0 Å². The zero-order valence-corrected chi connectivity index (χ0v) is 13.4. The Balaban J connectivity index is 2.27. The van der Waals surface area contributed by atoms with E-state index in [-0.39, 0.29) is 5.78 Å². The van der Waals surface area contributed by atoms with E-state index in [4.69, 9.17) is 9.47 Å². The van der Waals surface area contributed by atoms with Crippen molar-refractivity contribution in [3.05, 3.63) is 64.1 Å². The first-order valence-corrected chi connectivity index (χ1v) is 7.14. The highest BCUT2D eigenvalue weighted by molar-refractivity contribution is 9.10. The van der Waals surface area contributed by atoms with Crippen LogP contribution in [-0.4, -0.2) is 20.0 Å². The molecule has 0 spiro atoms. The van der Waals surface area contributed by atoms with Crippen LogP contribution in [-0.2, 0) is 0 Å². The van der Waals surface area contributed by atoms with Crippen molar-refractivity contribution in [2.45, 2.75) is 0 Å². The summed E-state index contributed by atoms with van der Waals surface area (Å²) in [4.78, 5) is 12.0. The van der Waals surface area contributed by atoms with Crippen LogP contribution in [0.3, 0.4) is 0 Å². The first kappa shape index (κ1) is 15.3. The zero-order chi connectivity index (χ0) is 15.2. The molecule has 0 aliphatic rings. The lowest BCUT2D eigenvalue weighted by atomic mass is 10.1. The smallest absolute Gasteiger partial charge is 0.185 e. The fourth-order valence-electron chi connectivity index (χ4n) is 1.86. The number of carbonyl (C=O) groups excluding carboxylic acids is 1. The monoisotopic (exact) mass is 346 g/mol. The van der Waals surface area contributed by atoms with Gasteiger partial charge in [-0.05, 0) is 29.8 Å². The molecular formula is C17H15BrO3. The van der Waals surface area contributed by atoms with E-state index in [1.54, 1.807) is 38.5 Å². The number of halogens is 1. The predicted molar refractivity (Wildman–Crippen MR) is 87.1 cm³/mol. The Labute approximate surface area is 132 Å². The van der Waals surface area contributed by atoms with Gasteiger partial charge < -0.3 is 9.47 Å². The highest BCUT2D eigenvalue weighted by atomic mass is 79.9. The minimum absolute atomic E-state index is 0.0442. The average molecular weight is 347 g/mol. The van der Waals surface area contributed by atoms with Crippen molar-refractivity contribution in [2.75, 3.05) is 14.2 Å². The molecule has 2 rings (SSSR count). The molecule has 0 unspecified atom stereocenters. The van der Waals surface area contributed by atoms with Crippen molar-refractivity contribution in [2.24, 2.45) is 0 Å². The number of allylic oxidation sites excluding steroid dienone is 1. The van der Waals surface area contributed by atoms with Crippen molar-refractivity contribution in [1.29, 1.82) is 0 Å². The van der Waals surface area contributed by atoms with Gasteiger partial charge in [-0.3, -0.25) is 4.79 Å². The van der Waals surface area contributed by atoms with Crippen LogP contribution < -0.4 is 9.47 Å². The average Bonchev–Trinajstić information content (AvgIpc) is 2.53. The maximum atomic E-state index is 12.0. The number of hydrogen-bond acceptors (Lipinski definition) is 3. The normalized spacial score (nSPS) is 10.6. The fraction of sp³-hybridized carbons (Fsp3) is 0.118. The Morgan fingerprint density at radius 1 is 1.05 bits per heavy atom. The quantitative estimate of drug-likeness (QED) is 0.595. The second-order valence-corrected chi connectivity index (χ2v) is 5.15. The molecule has 0 saturated heterocycles. The van der Waals surface area contributed by atoms with Crippen molar-refractivity contribution in [3.8, 4) is 11.5 Å². The molecule has 0 aliphatic heterocycles. The molecule has 2 aromatic carbocycles. The maximum absolute atomic E-state index is 12.0. The van der Waals surface area contributed by atoms with Gasteiger partial charge in [0.25, 0.3) is 0 Å². The van der Waals surface area contributed by atoms with E-state index in [2.05, 4.69) is 15.9 Å². The SMILES string of the molecule is COc1cc(Br)c(C=CC(=O)c2ccccc2)cc1OC. The lowest BCUT2D eigenvalue weighted by Gasteiger charge is -2.09. The standard InChI is InChI=1S/C17H15BrO3/c1-20-16-10-13(14(18)11-17(16)21-2)8-9-15(19)12-6-4-3-5-7-12/h3-11H,1-2H3. The Morgan fingerprint density at radius 3 is 2.29 bits per heavy atom. The molecule has 0 amide bonds. The number of hydrogen-bond donors (Lipinski definition) is 0. The maximum Gasteiger partial charge on any atom is 0.185 e. The van der Waals surface area contributed by atoms with Gasteiger partial charge in [0.2, 0.25) is 0 Å². The van der Waals surface area contributed by atoms with E-state index in [0.29, 0.717) is 17.1 Å². The van der Waals surface area contributed by atoms with Gasteiger partial charge in [0.05, 0.1) is 14.2 Å². The molecule has 108 valence electrons. The molecule has 21 heavy (non-hydrogen) atoms. The number of benzene rings is 2. The van der Waals surface area contributed by atoms with Gasteiger partial charge in [0.15, 0.2) is 17.3 Å². The van der Waals surface area contributed by atoms with Crippen LogP contribution in [0.5, 0.6) is 11.5 Å². The molecule has 0 N–H and O–H groups in total. The van der Waals surface area contributed by atoms with Gasteiger partial charge >= 0.3 is 0 Å². The number of ketones is 1. The molecular weight excluding hydrogens is 332 g/mol. The van der Waals surface area contributed by atoms with Crippen LogP contribution in [0.15, 0.2) is 53.0 Å². The Morgan fingerprint density at radius 2 is 1.67 bits per heavy atom. The molecule has 0 bridgehead atoms. The van der Waals surface area contributed by atoms with Gasteiger partial charge in [-0.1, -0.05) is 46.3 Å². The summed E-state index contributed by atoms with van der Waals surface area (Å²) in [6.07, 6.45) is 3.29. The molecule has 0 aliphatic carbocycles. The van der Waals surface area contributed by atoms with Crippen molar-refractivity contribution in [1.82, 2.24) is 0 Å². The highest BCUT2D eigenvalue weighted by Gasteiger charge is 2.08. The molecule has 0 atom stereocenters. The van der Waals surface area contributed by atoms with Gasteiger partial charge in [-0.2, -0.15) is 0 Å². The molecule has 0 radical (unpaired) electrons. The zero-order valence-electron chi connectivity index (χ0n) is 11.8. The number of carbonyl (C=O) groups is 1. The summed E-state index contributed by atoms with van der Waals surface area (Å²) in [6.45, 7) is 0. The van der Waals surface area contributed by atoms with Crippen LogP contribution in [0, 0.1) is 0 Å². The van der Waals surface area contributed by atoms with Gasteiger partial charge in [-0.15, -0.1) is 0 Å². The summed E-state index contributed by atoms with van der Waals surface area (Å²) in [6, 6.07) is 12.8. The predicted octanol–water partition coefficient (Wildman–Crippen LogP) is 4.36. The molecule has 0 saturated carbocycles. The number of rotatable bonds is 5. The van der Waals surface area contributed by atoms with Crippen LogP contribution >= 0.6 is 15.9 Å². The summed E-state index contributed by atoms with van der Waals surface area (Å²) in [7, 11) is 3.16.